The molecule has 2 aromatic heterocycles. The zero-order chi connectivity index (χ0) is 29.3. The number of ether oxygens (including phenoxy) is 1. The Bertz CT molecular complexity index is 1720. The van der Waals surface area contributed by atoms with E-state index in [2.05, 4.69) is 46.4 Å². The van der Waals surface area contributed by atoms with Crippen LogP contribution in [-0.2, 0) is 15.1 Å². The maximum atomic E-state index is 13.3. The number of H-pyrrole nitrogens is 1. The SMILES string of the molecule is COC(=O)Nc1ccc(-c2cc(C3(NC(=O)/C=C/c4cc(Cl)ccc4-n4cnnn4)C[C@H]3C3CNC3)n[nH]c2=O)cc1. The molecular weight excluding hydrogens is 562 g/mol. The van der Waals surface area contributed by atoms with Gasteiger partial charge < -0.3 is 15.4 Å². The number of aromatic amines is 1. The molecule has 0 bridgehead atoms. The fourth-order valence-corrected chi connectivity index (χ4v) is 5.45. The van der Waals surface area contributed by atoms with Crippen molar-refractivity contribution in [2.24, 2.45) is 11.8 Å². The maximum Gasteiger partial charge on any atom is 0.411 e. The molecule has 1 saturated heterocycles. The van der Waals surface area contributed by atoms with Crippen molar-refractivity contribution >= 4 is 35.4 Å². The van der Waals surface area contributed by atoms with Crippen molar-refractivity contribution in [2.75, 3.05) is 25.5 Å². The smallest absolute Gasteiger partial charge is 0.411 e. The van der Waals surface area contributed by atoms with Crippen molar-refractivity contribution in [1.82, 2.24) is 41.0 Å². The van der Waals surface area contributed by atoms with Crippen LogP contribution in [-0.4, -0.2) is 62.6 Å². The molecule has 13 nitrogen and oxygen atoms in total. The van der Waals surface area contributed by atoms with Gasteiger partial charge in [-0.25, -0.2) is 9.89 Å². The molecule has 1 saturated carbocycles. The third-order valence-corrected chi connectivity index (χ3v) is 7.87. The summed E-state index contributed by atoms with van der Waals surface area (Å²) in [4.78, 5) is 37.7. The number of benzene rings is 2. The van der Waals surface area contributed by atoms with Crippen molar-refractivity contribution in [1.29, 1.82) is 0 Å². The highest BCUT2D eigenvalue weighted by Gasteiger charge is 2.61. The maximum absolute atomic E-state index is 13.3. The van der Waals surface area contributed by atoms with Crippen LogP contribution in [0.3, 0.4) is 0 Å². The minimum atomic E-state index is -0.744. The second-order valence-corrected chi connectivity index (χ2v) is 10.6. The van der Waals surface area contributed by atoms with E-state index in [1.165, 1.54) is 24.2 Å². The lowest BCUT2D eigenvalue weighted by molar-refractivity contribution is -0.117. The first-order valence-corrected chi connectivity index (χ1v) is 13.5. The van der Waals surface area contributed by atoms with E-state index in [9.17, 15) is 14.4 Å². The molecule has 2 aromatic carbocycles. The molecule has 4 N–H and O–H groups in total. The summed E-state index contributed by atoms with van der Waals surface area (Å²) in [5.41, 5.74) is 2.34. The Labute approximate surface area is 244 Å². The number of amides is 2. The van der Waals surface area contributed by atoms with Crippen LogP contribution in [0, 0.1) is 11.8 Å². The van der Waals surface area contributed by atoms with Crippen molar-refractivity contribution < 1.29 is 14.3 Å². The molecule has 0 spiro atoms. The summed E-state index contributed by atoms with van der Waals surface area (Å²) in [5, 5.41) is 27.8. The fraction of sp³-hybridized carbons (Fsp3) is 0.250. The number of hydrogen-bond acceptors (Lipinski definition) is 9. The average molecular weight is 588 g/mol. The number of aromatic nitrogens is 6. The Morgan fingerprint density at radius 2 is 1.98 bits per heavy atom. The molecule has 2 fully saturated rings. The van der Waals surface area contributed by atoms with Gasteiger partial charge in [0.1, 0.15) is 6.33 Å². The van der Waals surface area contributed by atoms with Crippen LogP contribution >= 0.6 is 11.6 Å². The van der Waals surface area contributed by atoms with Gasteiger partial charge in [0.05, 0.1) is 29.6 Å². The van der Waals surface area contributed by atoms with Crippen LogP contribution in [0.1, 0.15) is 17.7 Å². The first kappa shape index (κ1) is 27.3. The number of methoxy groups -OCH3 is 1. The minimum absolute atomic E-state index is 0.150. The van der Waals surface area contributed by atoms with Crippen LogP contribution in [0.15, 0.2) is 65.7 Å². The first-order chi connectivity index (χ1) is 20.4. The van der Waals surface area contributed by atoms with Crippen molar-refractivity contribution in [3.8, 4) is 16.8 Å². The largest absolute Gasteiger partial charge is 0.453 e. The Morgan fingerprint density at radius 1 is 1.17 bits per heavy atom. The van der Waals surface area contributed by atoms with E-state index in [1.54, 1.807) is 54.6 Å². The molecule has 2 amide bonds. The van der Waals surface area contributed by atoms with Gasteiger partial charge >= 0.3 is 6.09 Å². The van der Waals surface area contributed by atoms with E-state index < -0.39 is 11.6 Å². The number of carbonyl (C=O) groups is 2. The van der Waals surface area contributed by atoms with Crippen LogP contribution in [0.4, 0.5) is 10.5 Å². The normalized spacial score (nSPS) is 19.7. The molecule has 4 aromatic rings. The Balaban J connectivity index is 1.27. The van der Waals surface area contributed by atoms with Gasteiger partial charge in [0, 0.05) is 22.3 Å². The van der Waals surface area contributed by atoms with Crippen LogP contribution < -0.4 is 21.5 Å². The lowest BCUT2D eigenvalue weighted by Crippen LogP contribution is -2.47. The molecule has 0 radical (unpaired) electrons. The van der Waals surface area contributed by atoms with E-state index >= 15 is 0 Å². The predicted octanol–water partition coefficient (Wildman–Crippen LogP) is 2.51. The van der Waals surface area contributed by atoms with Gasteiger partial charge in [0.25, 0.3) is 5.56 Å². The van der Waals surface area contributed by atoms with Crippen LogP contribution in [0.25, 0.3) is 22.9 Å². The van der Waals surface area contributed by atoms with Gasteiger partial charge in [-0.1, -0.05) is 23.7 Å². The van der Waals surface area contributed by atoms with Crippen molar-refractivity contribution in [2.45, 2.75) is 12.0 Å². The van der Waals surface area contributed by atoms with E-state index in [4.69, 9.17) is 11.6 Å². The molecule has 14 heteroatoms. The Morgan fingerprint density at radius 3 is 2.67 bits per heavy atom. The first-order valence-electron chi connectivity index (χ1n) is 13.2. The molecule has 42 heavy (non-hydrogen) atoms. The van der Waals surface area contributed by atoms with Crippen LogP contribution in [0.5, 0.6) is 0 Å². The summed E-state index contributed by atoms with van der Waals surface area (Å²) in [6.07, 6.45) is 4.65. The highest BCUT2D eigenvalue weighted by atomic mass is 35.5. The Kier molecular flexibility index (Phi) is 7.27. The Hall–Kier alpha value is -4.88. The third-order valence-electron chi connectivity index (χ3n) is 7.63. The topological polar surface area (TPSA) is 169 Å². The summed E-state index contributed by atoms with van der Waals surface area (Å²) in [6, 6.07) is 13.7. The fourth-order valence-electron chi connectivity index (χ4n) is 5.27. The highest BCUT2D eigenvalue weighted by Crippen LogP contribution is 2.56. The predicted molar refractivity (Wildman–Crippen MR) is 154 cm³/mol. The van der Waals surface area contributed by atoms with E-state index in [-0.39, 0.29) is 17.4 Å². The average Bonchev–Trinajstić information content (AvgIpc) is 3.37. The molecule has 3 heterocycles. The molecule has 1 unspecified atom stereocenters. The van der Waals surface area contributed by atoms with Crippen molar-refractivity contribution in [3.05, 3.63) is 87.6 Å². The second-order valence-electron chi connectivity index (χ2n) is 10.2. The third kappa shape index (κ3) is 5.39. The lowest BCUT2D eigenvalue weighted by atomic mass is 9.92. The summed E-state index contributed by atoms with van der Waals surface area (Å²) in [6.45, 7) is 1.70. The summed E-state index contributed by atoms with van der Waals surface area (Å²) in [7, 11) is 1.28. The zero-order valence-electron chi connectivity index (χ0n) is 22.4. The lowest BCUT2D eigenvalue weighted by Gasteiger charge is -2.30. The number of carbonyl (C=O) groups excluding carboxylic acids is 2. The van der Waals surface area contributed by atoms with E-state index in [1.807, 2.05) is 0 Å². The molecule has 2 aliphatic rings. The molecule has 1 aliphatic carbocycles. The minimum Gasteiger partial charge on any atom is -0.453 e. The monoisotopic (exact) mass is 587 g/mol. The molecule has 214 valence electrons. The van der Waals surface area contributed by atoms with Gasteiger partial charge in [0.2, 0.25) is 5.91 Å². The van der Waals surface area contributed by atoms with Crippen LogP contribution in [0.2, 0.25) is 5.02 Å². The number of nitrogens with zero attached hydrogens (tertiary/aromatic N) is 5. The van der Waals surface area contributed by atoms with E-state index in [0.717, 1.165) is 13.1 Å². The summed E-state index contributed by atoms with van der Waals surface area (Å²) in [5.74, 6) is 0.201. The standard InChI is InChI=1S/C28H26ClN9O4/c1-42-27(41)32-20-6-2-16(3-7-20)21-11-24(34-35-26(21)40)28(12-22(28)18-13-30-14-18)33-25(39)9-4-17-10-19(29)5-8-23(17)38-15-31-36-37-38/h2-11,15,18,22,30H,12-14H2,1H3,(H,32,41)(H,33,39)(H,35,40)/b9-4+/t22-,28?/m0/s1. The quantitative estimate of drug-likeness (QED) is 0.226. The highest BCUT2D eigenvalue weighted by molar-refractivity contribution is 6.30. The molecule has 1 aliphatic heterocycles. The molecular formula is C28H26ClN9O4. The van der Waals surface area contributed by atoms with Crippen molar-refractivity contribution in [3.63, 3.8) is 0 Å². The number of anilines is 1. The summed E-state index contributed by atoms with van der Waals surface area (Å²) < 4.78 is 6.11. The molecule has 2 atom stereocenters. The number of tetrazole rings is 1. The van der Waals surface area contributed by atoms with Gasteiger partial charge in [-0.05, 0) is 89.8 Å². The van der Waals surface area contributed by atoms with E-state index in [0.29, 0.717) is 51.1 Å². The molecule has 6 rings (SSSR count). The number of rotatable bonds is 8. The number of nitrogens with one attached hydrogen (secondary N) is 4. The second kappa shape index (κ2) is 11.2. The van der Waals surface area contributed by atoms with Gasteiger partial charge in [0.15, 0.2) is 0 Å². The number of halogens is 1. The van der Waals surface area contributed by atoms with Gasteiger partial charge in [-0.15, -0.1) is 5.10 Å². The van der Waals surface area contributed by atoms with Gasteiger partial charge in [-0.2, -0.15) is 9.78 Å². The summed E-state index contributed by atoms with van der Waals surface area (Å²) >= 11 is 6.22. The number of hydrogen-bond donors (Lipinski definition) is 4. The van der Waals surface area contributed by atoms with Gasteiger partial charge in [-0.3, -0.25) is 14.9 Å². The zero-order valence-corrected chi connectivity index (χ0v) is 23.1.